The van der Waals surface area contributed by atoms with E-state index in [9.17, 15) is 0 Å². The van der Waals surface area contributed by atoms with Crippen molar-refractivity contribution in [2.75, 3.05) is 31.0 Å². The summed E-state index contributed by atoms with van der Waals surface area (Å²) in [6.07, 6.45) is 1.64. The van der Waals surface area contributed by atoms with Crippen LogP contribution in [0.1, 0.15) is 6.92 Å². The van der Waals surface area contributed by atoms with E-state index in [1.807, 2.05) is 48.5 Å². The molecule has 2 aromatic carbocycles. The molecular weight excluding hydrogens is 330 g/mol. The van der Waals surface area contributed by atoms with Gasteiger partial charge in [0.25, 0.3) is 0 Å². The molecule has 0 atom stereocenters. The third-order valence-corrected chi connectivity index (χ3v) is 3.86. The Morgan fingerprint density at radius 3 is 2.54 bits per heavy atom. The summed E-state index contributed by atoms with van der Waals surface area (Å²) in [5.41, 5.74) is 1.74. The van der Waals surface area contributed by atoms with Crippen LogP contribution in [0.2, 0.25) is 0 Å². The van der Waals surface area contributed by atoms with Gasteiger partial charge in [0, 0.05) is 18.3 Å². The summed E-state index contributed by atoms with van der Waals surface area (Å²) in [4.78, 5) is 6.65. The molecule has 0 aliphatic heterocycles. The fourth-order valence-corrected chi connectivity index (χ4v) is 2.59. The first-order chi connectivity index (χ1) is 12.7. The van der Waals surface area contributed by atoms with Crippen LogP contribution in [-0.4, -0.2) is 35.9 Å². The fourth-order valence-electron chi connectivity index (χ4n) is 2.59. The molecule has 0 amide bonds. The Labute approximate surface area is 152 Å². The zero-order valence-electron chi connectivity index (χ0n) is 15.0. The van der Waals surface area contributed by atoms with Crippen LogP contribution in [0.15, 0.2) is 54.7 Å². The molecular formula is C19H21N5O2. The Morgan fingerprint density at radius 1 is 1.04 bits per heavy atom. The van der Waals surface area contributed by atoms with Gasteiger partial charge in [0.2, 0.25) is 5.95 Å². The predicted molar refractivity (Wildman–Crippen MR) is 102 cm³/mol. The number of nitrogens with one attached hydrogen (secondary N) is 1. The number of hydrogen-bond acceptors (Lipinski definition) is 7. The van der Waals surface area contributed by atoms with Gasteiger partial charge in [-0.1, -0.05) is 18.2 Å². The van der Waals surface area contributed by atoms with Crippen molar-refractivity contribution in [2.24, 2.45) is 0 Å². The number of para-hydroxylation sites is 1. The van der Waals surface area contributed by atoms with Gasteiger partial charge in [0.05, 0.1) is 26.1 Å². The molecule has 0 aliphatic rings. The van der Waals surface area contributed by atoms with E-state index in [0.717, 1.165) is 12.2 Å². The molecule has 0 fully saturated rings. The summed E-state index contributed by atoms with van der Waals surface area (Å²) in [6.45, 7) is 2.82. The van der Waals surface area contributed by atoms with Gasteiger partial charge < -0.3 is 19.7 Å². The van der Waals surface area contributed by atoms with Crippen molar-refractivity contribution >= 4 is 23.1 Å². The quantitative estimate of drug-likeness (QED) is 0.694. The highest BCUT2D eigenvalue weighted by Crippen LogP contribution is 2.31. The molecule has 0 aliphatic carbocycles. The van der Waals surface area contributed by atoms with E-state index in [1.165, 1.54) is 0 Å². The van der Waals surface area contributed by atoms with Crippen molar-refractivity contribution in [3.8, 4) is 11.5 Å². The van der Waals surface area contributed by atoms with E-state index >= 15 is 0 Å². The predicted octanol–water partition coefficient (Wildman–Crippen LogP) is 3.79. The molecule has 1 heterocycles. The summed E-state index contributed by atoms with van der Waals surface area (Å²) < 4.78 is 10.6. The lowest BCUT2D eigenvalue weighted by atomic mass is 10.2. The van der Waals surface area contributed by atoms with Crippen molar-refractivity contribution in [3.05, 3.63) is 54.7 Å². The maximum Gasteiger partial charge on any atom is 0.249 e. The van der Waals surface area contributed by atoms with Crippen molar-refractivity contribution in [3.63, 3.8) is 0 Å². The highest BCUT2D eigenvalue weighted by molar-refractivity contribution is 5.66. The summed E-state index contributed by atoms with van der Waals surface area (Å²) in [5, 5.41) is 11.3. The van der Waals surface area contributed by atoms with Gasteiger partial charge >= 0.3 is 0 Å². The second-order valence-corrected chi connectivity index (χ2v) is 5.41. The lowest BCUT2D eigenvalue weighted by Crippen LogP contribution is -2.18. The molecule has 7 heteroatoms. The van der Waals surface area contributed by atoms with E-state index in [0.29, 0.717) is 29.0 Å². The first kappa shape index (κ1) is 17.5. The van der Waals surface area contributed by atoms with Gasteiger partial charge in [-0.15, -0.1) is 5.10 Å². The van der Waals surface area contributed by atoms with Crippen molar-refractivity contribution in [1.82, 2.24) is 15.2 Å². The highest BCUT2D eigenvalue weighted by atomic mass is 16.5. The molecule has 0 bridgehead atoms. The van der Waals surface area contributed by atoms with Gasteiger partial charge in [0.15, 0.2) is 5.82 Å². The molecule has 0 saturated heterocycles. The second kappa shape index (κ2) is 8.15. The third-order valence-electron chi connectivity index (χ3n) is 3.86. The number of aromatic nitrogens is 3. The minimum Gasteiger partial charge on any atom is -0.497 e. The summed E-state index contributed by atoms with van der Waals surface area (Å²) in [7, 11) is 3.22. The van der Waals surface area contributed by atoms with E-state index in [1.54, 1.807) is 20.4 Å². The number of nitrogens with zero attached hydrogens (tertiary/aromatic N) is 4. The third kappa shape index (κ3) is 3.83. The molecule has 0 unspecified atom stereocenters. The van der Waals surface area contributed by atoms with E-state index in [-0.39, 0.29) is 0 Å². The van der Waals surface area contributed by atoms with E-state index in [2.05, 4.69) is 32.3 Å². The Morgan fingerprint density at radius 2 is 1.85 bits per heavy atom. The molecule has 26 heavy (non-hydrogen) atoms. The molecule has 134 valence electrons. The average Bonchev–Trinajstić information content (AvgIpc) is 2.69. The van der Waals surface area contributed by atoms with Gasteiger partial charge in [-0.05, 0) is 31.2 Å². The molecule has 0 radical (unpaired) electrons. The van der Waals surface area contributed by atoms with E-state index < -0.39 is 0 Å². The molecule has 7 nitrogen and oxygen atoms in total. The monoisotopic (exact) mass is 351 g/mol. The van der Waals surface area contributed by atoms with Crippen LogP contribution in [-0.2, 0) is 0 Å². The van der Waals surface area contributed by atoms with Crippen LogP contribution in [0.5, 0.6) is 11.5 Å². The number of rotatable bonds is 7. The highest BCUT2D eigenvalue weighted by Gasteiger charge is 2.12. The summed E-state index contributed by atoms with van der Waals surface area (Å²) >= 11 is 0. The van der Waals surface area contributed by atoms with Crippen molar-refractivity contribution < 1.29 is 9.47 Å². The van der Waals surface area contributed by atoms with Gasteiger partial charge in [0.1, 0.15) is 11.5 Å². The maximum atomic E-state index is 5.38. The lowest BCUT2D eigenvalue weighted by molar-refractivity contribution is 0.405. The average molecular weight is 351 g/mol. The van der Waals surface area contributed by atoms with Crippen LogP contribution in [0.4, 0.5) is 23.1 Å². The molecule has 1 N–H and O–H groups in total. The largest absolute Gasteiger partial charge is 0.497 e. The van der Waals surface area contributed by atoms with Crippen LogP contribution in [0.3, 0.4) is 0 Å². The minimum atomic E-state index is 0.378. The topological polar surface area (TPSA) is 72.4 Å². The van der Waals surface area contributed by atoms with E-state index in [4.69, 9.17) is 9.47 Å². The normalized spacial score (nSPS) is 10.3. The van der Waals surface area contributed by atoms with Gasteiger partial charge in [-0.3, -0.25) is 0 Å². The number of anilines is 4. The second-order valence-electron chi connectivity index (χ2n) is 5.41. The number of hydrogen-bond donors (Lipinski definition) is 1. The SMILES string of the molecule is CCN(c1ccccc1)c1cnnc(Nc2cc(OC)ccc2OC)n1. The van der Waals surface area contributed by atoms with Gasteiger partial charge in [-0.25, -0.2) is 0 Å². The van der Waals surface area contributed by atoms with Crippen molar-refractivity contribution in [1.29, 1.82) is 0 Å². The standard InChI is InChI=1S/C19H21N5O2/c1-4-24(14-8-6-5-7-9-14)18-13-20-23-19(22-18)21-16-12-15(25-2)10-11-17(16)26-3/h5-13H,4H2,1-3H3,(H,21,22,23). The first-order valence-corrected chi connectivity index (χ1v) is 8.26. The van der Waals surface area contributed by atoms with Crippen molar-refractivity contribution in [2.45, 2.75) is 6.92 Å². The molecule has 3 aromatic rings. The minimum absolute atomic E-state index is 0.378. The van der Waals surface area contributed by atoms with Crippen LogP contribution < -0.4 is 19.7 Å². The zero-order valence-corrected chi connectivity index (χ0v) is 15.0. The zero-order chi connectivity index (χ0) is 18.4. The molecule has 3 rings (SSSR count). The summed E-state index contributed by atoms with van der Waals surface area (Å²) in [6, 6.07) is 15.5. The Balaban J connectivity index is 1.90. The molecule has 0 saturated carbocycles. The summed E-state index contributed by atoms with van der Waals surface area (Å²) in [5.74, 6) is 2.45. The lowest BCUT2D eigenvalue weighted by Gasteiger charge is -2.21. The first-order valence-electron chi connectivity index (χ1n) is 8.26. The number of ether oxygens (including phenoxy) is 2. The van der Waals surface area contributed by atoms with Crippen LogP contribution >= 0.6 is 0 Å². The smallest absolute Gasteiger partial charge is 0.249 e. The van der Waals surface area contributed by atoms with Gasteiger partial charge in [-0.2, -0.15) is 10.1 Å². The Bertz CT molecular complexity index is 858. The molecule has 0 spiro atoms. The molecule has 1 aromatic heterocycles. The van der Waals surface area contributed by atoms with Crippen LogP contribution in [0.25, 0.3) is 0 Å². The van der Waals surface area contributed by atoms with Crippen LogP contribution in [0, 0.1) is 0 Å². The number of benzene rings is 2. The maximum absolute atomic E-state index is 5.38. The number of methoxy groups -OCH3 is 2. The Hall–Kier alpha value is -3.35. The fraction of sp³-hybridized carbons (Fsp3) is 0.211. The Kier molecular flexibility index (Phi) is 5.48.